The first-order valence-corrected chi connectivity index (χ1v) is 2.53. The maximum atomic E-state index is 9.50. The summed E-state index contributed by atoms with van der Waals surface area (Å²) < 4.78 is 13.6. The third-order valence-corrected chi connectivity index (χ3v) is 0.651. The van der Waals surface area contributed by atoms with Crippen LogP contribution in [0.3, 0.4) is 0 Å². The molecule has 0 aromatic carbocycles. The minimum Gasteiger partial charge on any atom is -0.441 e. The van der Waals surface area contributed by atoms with Gasteiger partial charge in [0.2, 0.25) is 0 Å². The fourth-order valence-corrected chi connectivity index (χ4v) is 0.277. The lowest BCUT2D eigenvalue weighted by Gasteiger charge is -1.99. The first kappa shape index (κ1) is 8.39. The zero-order chi connectivity index (χ0) is 6.95. The molecule has 0 heterocycles. The van der Waals surface area contributed by atoms with Crippen molar-refractivity contribution in [2.75, 3.05) is 27.1 Å². The molecular formula is C5H10O4. The number of carbonyl (C=O) groups is 1. The summed E-state index contributed by atoms with van der Waals surface area (Å²) in [6.07, 6.45) is 0. The SMILES string of the molecule is COCCOCOC=O. The summed E-state index contributed by atoms with van der Waals surface area (Å²) in [5, 5.41) is 0. The molecule has 4 nitrogen and oxygen atoms in total. The van der Waals surface area contributed by atoms with E-state index in [2.05, 4.69) is 9.47 Å². The fourth-order valence-electron chi connectivity index (χ4n) is 0.277. The zero-order valence-corrected chi connectivity index (χ0v) is 5.33. The lowest BCUT2D eigenvalue weighted by Crippen LogP contribution is -2.04. The molecule has 54 valence electrons. The molecule has 0 aliphatic heterocycles. The number of carbonyl (C=O) groups excluding carboxylic acids is 1. The van der Waals surface area contributed by atoms with Gasteiger partial charge in [-0.1, -0.05) is 0 Å². The highest BCUT2D eigenvalue weighted by Gasteiger charge is 1.83. The van der Waals surface area contributed by atoms with Crippen molar-refractivity contribution in [2.24, 2.45) is 0 Å². The van der Waals surface area contributed by atoms with Gasteiger partial charge in [-0.25, -0.2) is 0 Å². The second-order valence-corrected chi connectivity index (χ2v) is 1.28. The molecule has 0 rings (SSSR count). The second kappa shape index (κ2) is 7.39. The van der Waals surface area contributed by atoms with E-state index >= 15 is 0 Å². The zero-order valence-electron chi connectivity index (χ0n) is 5.33. The molecule has 0 aliphatic carbocycles. The van der Waals surface area contributed by atoms with Crippen LogP contribution in [0, 0.1) is 0 Å². The molecule has 0 spiro atoms. The number of ether oxygens (including phenoxy) is 3. The molecule has 9 heavy (non-hydrogen) atoms. The van der Waals surface area contributed by atoms with Crippen molar-refractivity contribution in [2.45, 2.75) is 0 Å². The minimum atomic E-state index is 0.00681. The van der Waals surface area contributed by atoms with Gasteiger partial charge in [0.15, 0.2) is 6.79 Å². The normalized spacial score (nSPS) is 9.00. The monoisotopic (exact) mass is 134 g/mol. The van der Waals surface area contributed by atoms with Crippen molar-refractivity contribution in [1.29, 1.82) is 0 Å². The molecule has 4 heteroatoms. The Hall–Kier alpha value is -0.610. The van der Waals surface area contributed by atoms with E-state index in [1.807, 2.05) is 0 Å². The van der Waals surface area contributed by atoms with E-state index < -0.39 is 0 Å². The van der Waals surface area contributed by atoms with Crippen molar-refractivity contribution in [1.82, 2.24) is 0 Å². The van der Waals surface area contributed by atoms with Gasteiger partial charge in [0.1, 0.15) is 0 Å². The summed E-state index contributed by atoms with van der Waals surface area (Å²) in [6, 6.07) is 0. The van der Waals surface area contributed by atoms with Gasteiger partial charge < -0.3 is 14.2 Å². The smallest absolute Gasteiger partial charge is 0.295 e. The molecule has 0 fully saturated rings. The molecule has 0 unspecified atom stereocenters. The molecule has 0 saturated carbocycles. The average Bonchev–Trinajstić information content (AvgIpc) is 1.89. The lowest BCUT2D eigenvalue weighted by molar-refractivity contribution is -0.141. The van der Waals surface area contributed by atoms with E-state index in [1.165, 1.54) is 0 Å². The van der Waals surface area contributed by atoms with Gasteiger partial charge in [0, 0.05) is 7.11 Å². The van der Waals surface area contributed by atoms with Gasteiger partial charge >= 0.3 is 0 Å². The third-order valence-electron chi connectivity index (χ3n) is 0.651. The van der Waals surface area contributed by atoms with Crippen molar-refractivity contribution < 1.29 is 19.0 Å². The summed E-state index contributed by atoms with van der Waals surface area (Å²) in [4.78, 5) is 9.50. The summed E-state index contributed by atoms with van der Waals surface area (Å²) in [7, 11) is 1.57. The van der Waals surface area contributed by atoms with E-state index in [0.29, 0.717) is 19.7 Å². The lowest BCUT2D eigenvalue weighted by atomic mass is 10.8. The molecule has 0 amide bonds. The largest absolute Gasteiger partial charge is 0.441 e. The third kappa shape index (κ3) is 7.39. The van der Waals surface area contributed by atoms with Crippen LogP contribution >= 0.6 is 0 Å². The van der Waals surface area contributed by atoms with Gasteiger partial charge in [-0.05, 0) is 0 Å². The highest BCUT2D eigenvalue weighted by atomic mass is 16.7. The predicted octanol–water partition coefficient (Wildman–Crippen LogP) is -0.220. The van der Waals surface area contributed by atoms with Gasteiger partial charge in [0.05, 0.1) is 13.2 Å². The van der Waals surface area contributed by atoms with Crippen LogP contribution < -0.4 is 0 Å². The van der Waals surface area contributed by atoms with Crippen molar-refractivity contribution >= 4 is 6.47 Å². The van der Waals surface area contributed by atoms with Crippen LogP contribution in [0.1, 0.15) is 0 Å². The molecule has 0 atom stereocenters. The number of hydrogen-bond acceptors (Lipinski definition) is 4. The molecule has 0 radical (unpaired) electrons. The van der Waals surface area contributed by atoms with Crippen molar-refractivity contribution in [3.05, 3.63) is 0 Å². The van der Waals surface area contributed by atoms with Crippen LogP contribution in [0.2, 0.25) is 0 Å². The van der Waals surface area contributed by atoms with Crippen LogP contribution in [-0.4, -0.2) is 33.6 Å². The van der Waals surface area contributed by atoms with Gasteiger partial charge in [0.25, 0.3) is 6.47 Å². The van der Waals surface area contributed by atoms with Crippen LogP contribution in [0.25, 0.3) is 0 Å². The van der Waals surface area contributed by atoms with E-state index in [-0.39, 0.29) is 6.79 Å². The van der Waals surface area contributed by atoms with E-state index in [1.54, 1.807) is 7.11 Å². The van der Waals surface area contributed by atoms with Crippen LogP contribution in [0.5, 0.6) is 0 Å². The summed E-state index contributed by atoms with van der Waals surface area (Å²) >= 11 is 0. The van der Waals surface area contributed by atoms with E-state index in [9.17, 15) is 4.79 Å². The Morgan fingerprint density at radius 2 is 2.22 bits per heavy atom. The Kier molecular flexibility index (Phi) is 6.89. The van der Waals surface area contributed by atoms with E-state index in [0.717, 1.165) is 0 Å². The standard InChI is InChI=1S/C5H10O4/c1-7-2-3-8-5-9-4-6/h4H,2-3,5H2,1H3. The van der Waals surface area contributed by atoms with Crippen molar-refractivity contribution in [3.63, 3.8) is 0 Å². The molecule has 0 aliphatic rings. The van der Waals surface area contributed by atoms with Gasteiger partial charge in [-0.3, -0.25) is 4.79 Å². The maximum absolute atomic E-state index is 9.50. The van der Waals surface area contributed by atoms with Crippen molar-refractivity contribution in [3.8, 4) is 0 Å². The predicted molar refractivity (Wildman–Crippen MR) is 29.8 cm³/mol. The highest BCUT2D eigenvalue weighted by Crippen LogP contribution is 1.74. The van der Waals surface area contributed by atoms with Crippen LogP contribution in [0.15, 0.2) is 0 Å². The highest BCUT2D eigenvalue weighted by molar-refractivity contribution is 5.36. The first-order chi connectivity index (χ1) is 4.41. The number of methoxy groups -OCH3 is 1. The van der Waals surface area contributed by atoms with Crippen LogP contribution in [-0.2, 0) is 19.0 Å². The molecule has 0 aromatic heterocycles. The average molecular weight is 134 g/mol. The quantitative estimate of drug-likeness (QED) is 0.286. The number of rotatable bonds is 6. The Balaban J connectivity index is 2.66. The Morgan fingerprint density at radius 1 is 1.44 bits per heavy atom. The van der Waals surface area contributed by atoms with Gasteiger partial charge in [-0.2, -0.15) is 0 Å². The topological polar surface area (TPSA) is 44.8 Å². The Bertz CT molecular complexity index is 64.0. The molecular weight excluding hydrogens is 124 g/mol. The Morgan fingerprint density at radius 3 is 2.78 bits per heavy atom. The maximum Gasteiger partial charge on any atom is 0.295 e. The molecule has 0 aromatic rings. The van der Waals surface area contributed by atoms with Gasteiger partial charge in [-0.15, -0.1) is 0 Å². The Labute approximate surface area is 53.7 Å². The minimum absolute atomic E-state index is 0.00681. The fraction of sp³-hybridized carbons (Fsp3) is 0.800. The van der Waals surface area contributed by atoms with E-state index in [4.69, 9.17) is 4.74 Å². The summed E-state index contributed by atoms with van der Waals surface area (Å²) in [5.74, 6) is 0. The molecule has 0 bridgehead atoms. The number of hydrogen-bond donors (Lipinski definition) is 0. The first-order valence-electron chi connectivity index (χ1n) is 2.53. The summed E-state index contributed by atoms with van der Waals surface area (Å²) in [5.41, 5.74) is 0. The summed E-state index contributed by atoms with van der Waals surface area (Å²) in [6.45, 7) is 1.31. The molecule has 0 saturated heterocycles. The second-order valence-electron chi connectivity index (χ2n) is 1.28. The molecule has 0 N–H and O–H groups in total. The van der Waals surface area contributed by atoms with Crippen LogP contribution in [0.4, 0.5) is 0 Å².